The van der Waals surface area contributed by atoms with Crippen LogP contribution in [0.3, 0.4) is 0 Å². The zero-order chi connectivity index (χ0) is 5.98. The van der Waals surface area contributed by atoms with Gasteiger partial charge in [0.1, 0.15) is 5.50 Å². The summed E-state index contributed by atoms with van der Waals surface area (Å²) in [7, 11) is 0. The third kappa shape index (κ3) is 1.23. The molecule has 2 nitrogen and oxygen atoms in total. The van der Waals surface area contributed by atoms with Gasteiger partial charge in [0.05, 0.1) is 6.34 Å². The highest BCUT2D eigenvalue weighted by Gasteiger charge is 2.15. The quantitative estimate of drug-likeness (QED) is 0.195. The lowest BCUT2D eigenvalue weighted by molar-refractivity contribution is 1.09. The maximum Gasteiger partial charge on any atom is 0.146 e. The highest BCUT2D eigenvalue weighted by molar-refractivity contribution is 6.22. The average molecular weight is 131 g/mol. The van der Waals surface area contributed by atoms with Gasteiger partial charge in [0.2, 0.25) is 0 Å². The van der Waals surface area contributed by atoms with E-state index in [9.17, 15) is 0 Å². The molecule has 1 aliphatic rings. The van der Waals surface area contributed by atoms with Crippen molar-refractivity contribution in [3.8, 4) is 0 Å². The van der Waals surface area contributed by atoms with Crippen molar-refractivity contribution >= 4 is 17.9 Å². The molecule has 2 N–H and O–H groups in total. The largest absolute Gasteiger partial charge is 0.390 e. The highest BCUT2D eigenvalue weighted by Crippen LogP contribution is 2.26. The summed E-state index contributed by atoms with van der Waals surface area (Å²) in [4.78, 5) is 3.74. The Morgan fingerprint density at radius 2 is 2.62 bits per heavy atom. The van der Waals surface area contributed by atoms with Gasteiger partial charge in [-0.2, -0.15) is 0 Å². The number of alkyl halides is 1. The van der Waals surface area contributed by atoms with Crippen LogP contribution in [0.2, 0.25) is 0 Å². The van der Waals surface area contributed by atoms with Crippen molar-refractivity contribution in [2.24, 2.45) is 10.7 Å². The van der Waals surface area contributed by atoms with E-state index in [-0.39, 0.29) is 5.50 Å². The first-order chi connectivity index (χ1) is 3.84. The number of nitrogens with zero attached hydrogens (tertiary/aromatic N) is 1. The van der Waals surface area contributed by atoms with Crippen LogP contribution in [-0.4, -0.2) is 11.8 Å². The van der Waals surface area contributed by atoms with Gasteiger partial charge in [-0.25, -0.2) is 0 Å². The first-order valence-electron chi connectivity index (χ1n) is 2.41. The number of hydrogen-bond donors (Lipinski definition) is 1. The zero-order valence-corrected chi connectivity index (χ0v) is 5.10. The predicted octanol–water partition coefficient (Wildman–Crippen LogP) is 0.868. The summed E-state index contributed by atoms with van der Waals surface area (Å²) in [5.41, 5.74) is 5.97. The fourth-order valence-corrected chi connectivity index (χ4v) is 0.668. The molecule has 0 saturated heterocycles. The molecule has 0 aromatic heterocycles. The Kier molecular flexibility index (Phi) is 1.53. The molecule has 0 amide bonds. The molecule has 0 aliphatic heterocycles. The van der Waals surface area contributed by atoms with Crippen LogP contribution in [0.5, 0.6) is 0 Å². The molecule has 1 aliphatic carbocycles. The second-order valence-electron chi connectivity index (χ2n) is 1.62. The van der Waals surface area contributed by atoms with Crippen molar-refractivity contribution in [1.82, 2.24) is 0 Å². The van der Waals surface area contributed by atoms with Gasteiger partial charge in [-0.3, -0.25) is 4.99 Å². The molecule has 0 radical (unpaired) electrons. The summed E-state index contributed by atoms with van der Waals surface area (Å²) in [6.45, 7) is 0. The van der Waals surface area contributed by atoms with Crippen molar-refractivity contribution in [2.75, 3.05) is 0 Å². The lowest BCUT2D eigenvalue weighted by Gasteiger charge is -1.92. The molecule has 1 unspecified atom stereocenters. The van der Waals surface area contributed by atoms with Gasteiger partial charge in [-0.15, -0.1) is 0 Å². The molecule has 44 valence electrons. The molecule has 1 rings (SSSR count). The molecule has 0 saturated carbocycles. The lowest BCUT2D eigenvalue weighted by Crippen LogP contribution is -1.96. The van der Waals surface area contributed by atoms with E-state index in [1.54, 1.807) is 0 Å². The summed E-state index contributed by atoms with van der Waals surface area (Å²) in [6, 6.07) is 0. The highest BCUT2D eigenvalue weighted by atomic mass is 35.5. The second-order valence-corrected chi connectivity index (χ2v) is 2.03. The maximum atomic E-state index is 5.63. The minimum Gasteiger partial charge on any atom is -0.390 e. The Morgan fingerprint density at radius 3 is 3.00 bits per heavy atom. The Morgan fingerprint density at radius 1 is 2.00 bits per heavy atom. The number of hydrogen-bond acceptors (Lipinski definition) is 1. The second kappa shape index (κ2) is 2.18. The van der Waals surface area contributed by atoms with E-state index < -0.39 is 0 Å². The molecule has 8 heavy (non-hydrogen) atoms. The number of aliphatic imine (C=N–C) groups is 1. The Balaban J connectivity index is 2.33. The molecule has 0 aromatic carbocycles. The smallest absolute Gasteiger partial charge is 0.146 e. The van der Waals surface area contributed by atoms with Crippen LogP contribution in [-0.2, 0) is 0 Å². The van der Waals surface area contributed by atoms with E-state index in [1.165, 1.54) is 11.9 Å². The molecule has 0 bridgehead atoms. The zero-order valence-electron chi connectivity index (χ0n) is 4.34. The van der Waals surface area contributed by atoms with Crippen LogP contribution in [0.4, 0.5) is 0 Å². The topological polar surface area (TPSA) is 38.4 Å². The Bertz CT molecular complexity index is 139. The minimum atomic E-state index is -0.194. The van der Waals surface area contributed by atoms with Crippen molar-refractivity contribution in [1.29, 1.82) is 0 Å². The van der Waals surface area contributed by atoms with E-state index in [1.807, 2.05) is 6.08 Å². The number of rotatable bonds is 2. The Hall–Kier alpha value is -0.500. The first-order valence-corrected chi connectivity index (χ1v) is 2.84. The summed E-state index contributed by atoms with van der Waals surface area (Å²) in [5.74, 6) is 0. The average Bonchev–Trinajstić information content (AvgIpc) is 2.45. The van der Waals surface area contributed by atoms with Crippen LogP contribution in [0.25, 0.3) is 0 Å². The molecular formula is C5H7ClN2. The van der Waals surface area contributed by atoms with Crippen molar-refractivity contribution in [3.05, 3.63) is 11.6 Å². The van der Waals surface area contributed by atoms with Crippen LogP contribution in [0, 0.1) is 0 Å². The Labute approximate surface area is 53.0 Å². The van der Waals surface area contributed by atoms with E-state index in [4.69, 9.17) is 17.3 Å². The lowest BCUT2D eigenvalue weighted by atomic mass is 10.5. The summed E-state index contributed by atoms with van der Waals surface area (Å²) in [6.07, 6.45) is 4.27. The maximum absolute atomic E-state index is 5.63. The summed E-state index contributed by atoms with van der Waals surface area (Å²) in [5, 5.41) is 0. The molecule has 0 fully saturated rings. The normalized spacial score (nSPS) is 20.9. The number of nitrogens with two attached hydrogens (primary N) is 1. The fraction of sp³-hybridized carbons (Fsp3) is 0.400. The van der Waals surface area contributed by atoms with E-state index in [2.05, 4.69) is 4.99 Å². The van der Waals surface area contributed by atoms with Crippen LogP contribution >= 0.6 is 11.6 Å². The van der Waals surface area contributed by atoms with E-state index in [0.717, 1.165) is 6.42 Å². The molecule has 0 heterocycles. The van der Waals surface area contributed by atoms with Gasteiger partial charge in [0, 0.05) is 0 Å². The molecule has 0 aromatic rings. The summed E-state index contributed by atoms with van der Waals surface area (Å²) >= 11 is 5.63. The first kappa shape index (κ1) is 5.63. The predicted molar refractivity (Wildman–Crippen MR) is 35.0 cm³/mol. The van der Waals surface area contributed by atoms with Gasteiger partial charge in [-0.05, 0) is 12.0 Å². The van der Waals surface area contributed by atoms with Gasteiger partial charge >= 0.3 is 0 Å². The van der Waals surface area contributed by atoms with Gasteiger partial charge in [0.25, 0.3) is 0 Å². The molecule has 3 heteroatoms. The summed E-state index contributed by atoms with van der Waals surface area (Å²) < 4.78 is 0. The van der Waals surface area contributed by atoms with Crippen molar-refractivity contribution in [2.45, 2.75) is 11.9 Å². The third-order valence-electron chi connectivity index (χ3n) is 0.963. The fourth-order valence-electron chi connectivity index (χ4n) is 0.425. The number of allylic oxidation sites excluding steroid dienone is 1. The van der Waals surface area contributed by atoms with E-state index in [0.29, 0.717) is 0 Å². The van der Waals surface area contributed by atoms with Crippen LogP contribution in [0.15, 0.2) is 16.6 Å². The SMILES string of the molecule is NC=NC(Cl)C1=CC1. The molecule has 0 spiro atoms. The standard InChI is InChI=1S/C5H7ClN2/c6-5(8-3-7)4-1-2-4/h1,3,5H,2H2,(H2,7,8). The number of halogens is 1. The van der Waals surface area contributed by atoms with Crippen LogP contribution in [0.1, 0.15) is 6.42 Å². The molecule has 1 atom stereocenters. The van der Waals surface area contributed by atoms with Gasteiger partial charge < -0.3 is 5.73 Å². The van der Waals surface area contributed by atoms with Gasteiger partial charge in [0.15, 0.2) is 0 Å². The van der Waals surface area contributed by atoms with Crippen molar-refractivity contribution < 1.29 is 0 Å². The minimum absolute atomic E-state index is 0.194. The third-order valence-corrected chi connectivity index (χ3v) is 1.36. The van der Waals surface area contributed by atoms with Crippen molar-refractivity contribution in [3.63, 3.8) is 0 Å². The monoisotopic (exact) mass is 130 g/mol. The molecular weight excluding hydrogens is 124 g/mol. The van der Waals surface area contributed by atoms with Gasteiger partial charge in [-0.1, -0.05) is 17.7 Å². The van der Waals surface area contributed by atoms with Crippen LogP contribution < -0.4 is 5.73 Å². The van der Waals surface area contributed by atoms with E-state index >= 15 is 0 Å².